The van der Waals surface area contributed by atoms with Crippen LogP contribution in [-0.4, -0.2) is 27.8 Å². The average molecular weight is 446 g/mol. The van der Waals surface area contributed by atoms with Gasteiger partial charge in [0.15, 0.2) is 0 Å². The number of amides is 1. The minimum absolute atomic E-state index is 0.0136. The van der Waals surface area contributed by atoms with Crippen molar-refractivity contribution in [3.63, 3.8) is 0 Å². The van der Waals surface area contributed by atoms with Crippen LogP contribution in [-0.2, 0) is 23.2 Å². The molecule has 162 valence electrons. The van der Waals surface area contributed by atoms with E-state index in [0.29, 0.717) is 12.0 Å². The van der Waals surface area contributed by atoms with Gasteiger partial charge in [0, 0.05) is 25.1 Å². The van der Waals surface area contributed by atoms with Crippen molar-refractivity contribution in [3.05, 3.63) is 105 Å². The molecule has 0 fully saturated rings. The van der Waals surface area contributed by atoms with Crippen molar-refractivity contribution in [2.75, 3.05) is 7.05 Å². The van der Waals surface area contributed by atoms with E-state index in [4.69, 9.17) is 4.98 Å². The number of benzene rings is 3. The summed E-state index contributed by atoms with van der Waals surface area (Å²) in [7, 11) is 1.69. The second kappa shape index (κ2) is 8.88. The summed E-state index contributed by atoms with van der Waals surface area (Å²) < 4.78 is 1.08. The maximum Gasteiger partial charge on any atom is 0.274 e. The van der Waals surface area contributed by atoms with Crippen LogP contribution in [0.25, 0.3) is 10.2 Å². The Kier molecular flexibility index (Phi) is 6.01. The van der Waals surface area contributed by atoms with Crippen molar-refractivity contribution >= 4 is 33.1 Å². The first-order valence-corrected chi connectivity index (χ1v) is 11.1. The fraction of sp³-hybridized carbons (Fsp3) is 0.200. The number of likely N-dealkylation sites (N-methyl/N-ethyl adjacent to an activating group) is 1. The number of nitro groups is 1. The van der Waals surface area contributed by atoms with E-state index in [1.807, 2.05) is 61.5 Å². The molecule has 32 heavy (non-hydrogen) atoms. The zero-order valence-electron chi connectivity index (χ0n) is 17.9. The number of rotatable bonds is 7. The molecule has 1 atom stereocenters. The van der Waals surface area contributed by atoms with Crippen molar-refractivity contribution in [2.24, 2.45) is 0 Å². The molecule has 1 aromatic heterocycles. The first-order chi connectivity index (χ1) is 15.4. The van der Waals surface area contributed by atoms with Crippen molar-refractivity contribution in [1.82, 2.24) is 9.88 Å². The fourth-order valence-corrected chi connectivity index (χ4v) is 5.10. The predicted molar refractivity (Wildman–Crippen MR) is 127 cm³/mol. The third kappa shape index (κ3) is 4.24. The van der Waals surface area contributed by atoms with Gasteiger partial charge in [-0.15, -0.1) is 11.3 Å². The predicted octanol–water partition coefficient (Wildman–Crippen LogP) is 5.36. The van der Waals surface area contributed by atoms with E-state index < -0.39 is 10.3 Å². The van der Waals surface area contributed by atoms with Gasteiger partial charge in [-0.05, 0) is 24.6 Å². The second-order valence-electron chi connectivity index (χ2n) is 8.00. The monoisotopic (exact) mass is 445 g/mol. The van der Waals surface area contributed by atoms with Gasteiger partial charge < -0.3 is 4.90 Å². The molecular formula is C25H23N3O3S. The molecule has 1 heterocycles. The molecule has 0 radical (unpaired) electrons. The summed E-state index contributed by atoms with van der Waals surface area (Å²) in [5.74, 6) is -0.110. The summed E-state index contributed by atoms with van der Waals surface area (Å²) in [5, 5.41) is 12.3. The lowest BCUT2D eigenvalue weighted by atomic mass is 9.78. The van der Waals surface area contributed by atoms with Crippen molar-refractivity contribution in [1.29, 1.82) is 0 Å². The van der Waals surface area contributed by atoms with E-state index in [1.165, 1.54) is 6.07 Å². The highest BCUT2D eigenvalue weighted by molar-refractivity contribution is 7.18. The number of nitrogens with zero attached hydrogens (tertiary/aromatic N) is 3. The van der Waals surface area contributed by atoms with Crippen LogP contribution in [0.15, 0.2) is 78.9 Å². The van der Waals surface area contributed by atoms with Gasteiger partial charge in [-0.1, -0.05) is 60.7 Å². The molecule has 6 nitrogen and oxygen atoms in total. The van der Waals surface area contributed by atoms with Crippen LogP contribution in [0, 0.1) is 10.1 Å². The first-order valence-electron chi connectivity index (χ1n) is 10.3. The van der Waals surface area contributed by atoms with Crippen LogP contribution in [0.4, 0.5) is 5.69 Å². The van der Waals surface area contributed by atoms with Crippen LogP contribution in [0.5, 0.6) is 0 Å². The van der Waals surface area contributed by atoms with Crippen LogP contribution >= 0.6 is 11.3 Å². The molecule has 0 N–H and O–H groups in total. The lowest BCUT2D eigenvalue weighted by molar-refractivity contribution is -0.385. The Hall–Kier alpha value is -3.58. The van der Waals surface area contributed by atoms with Gasteiger partial charge in [-0.2, -0.15) is 0 Å². The number of hydrogen-bond donors (Lipinski definition) is 0. The average Bonchev–Trinajstić information content (AvgIpc) is 3.21. The van der Waals surface area contributed by atoms with Crippen molar-refractivity contribution < 1.29 is 9.72 Å². The molecule has 3 aromatic carbocycles. The van der Waals surface area contributed by atoms with E-state index >= 15 is 0 Å². The molecule has 0 aliphatic carbocycles. The third-order valence-corrected chi connectivity index (χ3v) is 6.70. The van der Waals surface area contributed by atoms with Crippen LogP contribution < -0.4 is 0 Å². The number of fused-ring (bicyclic) bond motifs is 1. The Morgan fingerprint density at radius 1 is 1.03 bits per heavy atom. The highest BCUT2D eigenvalue weighted by Gasteiger charge is 2.39. The van der Waals surface area contributed by atoms with Gasteiger partial charge >= 0.3 is 0 Å². The zero-order chi connectivity index (χ0) is 22.7. The zero-order valence-corrected chi connectivity index (χ0v) is 18.7. The van der Waals surface area contributed by atoms with E-state index in [-0.39, 0.29) is 18.1 Å². The molecule has 4 rings (SSSR count). The molecule has 4 aromatic rings. The maximum atomic E-state index is 13.8. The number of para-hydroxylation sites is 2. The summed E-state index contributed by atoms with van der Waals surface area (Å²) in [6, 6.07) is 24.1. The van der Waals surface area contributed by atoms with E-state index in [9.17, 15) is 14.9 Å². The van der Waals surface area contributed by atoms with Crippen molar-refractivity contribution in [3.8, 4) is 0 Å². The summed E-state index contributed by atoms with van der Waals surface area (Å²) in [6.45, 7) is 2.07. The normalized spacial score (nSPS) is 12.9. The van der Waals surface area contributed by atoms with Crippen LogP contribution in [0.2, 0.25) is 0 Å². The number of nitro benzene ring substituents is 1. The number of carbonyl (C=O) groups is 1. The molecule has 0 aliphatic rings. The second-order valence-corrected chi connectivity index (χ2v) is 9.11. The molecular weight excluding hydrogens is 422 g/mol. The van der Waals surface area contributed by atoms with Gasteiger partial charge in [0.25, 0.3) is 5.69 Å². The Morgan fingerprint density at radius 3 is 2.41 bits per heavy atom. The van der Waals surface area contributed by atoms with Crippen LogP contribution in [0.1, 0.15) is 23.1 Å². The third-order valence-electron chi connectivity index (χ3n) is 5.67. The molecule has 0 spiro atoms. The SMILES string of the molecule is CN(Cc1ccccc1[N+](=O)[O-])C(=O)C(C)(Cc1nc2ccccc2s1)c1ccccc1. The summed E-state index contributed by atoms with van der Waals surface area (Å²) in [4.78, 5) is 31.1. The van der Waals surface area contributed by atoms with Gasteiger partial charge in [0.2, 0.25) is 5.91 Å². The molecule has 1 unspecified atom stereocenters. The van der Waals surface area contributed by atoms with E-state index in [0.717, 1.165) is 20.8 Å². The standard InChI is InChI=1S/C25H23N3O3S/c1-25(19-11-4-3-5-12-19,16-23-26-20-13-7-9-15-22(20)32-23)24(29)27(2)17-18-10-6-8-14-21(18)28(30)31/h3-15H,16-17H2,1-2H3. The molecule has 0 saturated carbocycles. The van der Waals surface area contributed by atoms with Gasteiger partial charge in [-0.25, -0.2) is 4.98 Å². The van der Waals surface area contributed by atoms with Gasteiger partial charge in [0.05, 0.1) is 32.1 Å². The van der Waals surface area contributed by atoms with Crippen LogP contribution in [0.3, 0.4) is 0 Å². The minimum Gasteiger partial charge on any atom is -0.340 e. The first kappa shape index (κ1) is 21.6. The molecule has 7 heteroatoms. The summed E-state index contributed by atoms with van der Waals surface area (Å²) in [5.41, 5.74) is 1.46. The summed E-state index contributed by atoms with van der Waals surface area (Å²) in [6.07, 6.45) is 0.441. The number of aromatic nitrogens is 1. The smallest absolute Gasteiger partial charge is 0.274 e. The maximum absolute atomic E-state index is 13.8. The Morgan fingerprint density at radius 2 is 1.69 bits per heavy atom. The Labute approximate surface area is 190 Å². The lowest BCUT2D eigenvalue weighted by Gasteiger charge is -2.32. The highest BCUT2D eigenvalue weighted by Crippen LogP contribution is 2.34. The number of carbonyl (C=O) groups excluding carboxylic acids is 1. The quantitative estimate of drug-likeness (QED) is 0.283. The topological polar surface area (TPSA) is 76.3 Å². The van der Waals surface area contributed by atoms with Gasteiger partial charge in [0.1, 0.15) is 0 Å². The van der Waals surface area contributed by atoms with E-state index in [1.54, 1.807) is 41.5 Å². The largest absolute Gasteiger partial charge is 0.340 e. The molecule has 1 amide bonds. The Bertz CT molecular complexity index is 1240. The minimum atomic E-state index is -0.868. The summed E-state index contributed by atoms with van der Waals surface area (Å²) >= 11 is 1.59. The Balaban J connectivity index is 1.68. The molecule has 0 saturated heterocycles. The fourth-order valence-electron chi connectivity index (χ4n) is 3.98. The highest BCUT2D eigenvalue weighted by atomic mass is 32.1. The molecule has 0 bridgehead atoms. The lowest BCUT2D eigenvalue weighted by Crippen LogP contribution is -2.44. The number of hydrogen-bond acceptors (Lipinski definition) is 5. The molecule has 0 aliphatic heterocycles. The van der Waals surface area contributed by atoms with Crippen molar-refractivity contribution in [2.45, 2.75) is 25.3 Å². The van der Waals surface area contributed by atoms with E-state index in [2.05, 4.69) is 0 Å². The number of thiazole rings is 1. The van der Waals surface area contributed by atoms with Gasteiger partial charge in [-0.3, -0.25) is 14.9 Å².